The van der Waals surface area contributed by atoms with E-state index in [9.17, 15) is 0 Å². The molecule has 1 aromatic heterocycles. The van der Waals surface area contributed by atoms with Gasteiger partial charge < -0.3 is 10.6 Å². The summed E-state index contributed by atoms with van der Waals surface area (Å²) in [4.78, 5) is 4.66. The molecule has 0 atom stereocenters. The molecule has 0 spiro atoms. The van der Waals surface area contributed by atoms with Crippen LogP contribution in [-0.2, 0) is 19.3 Å². The maximum atomic E-state index is 4.66. The van der Waals surface area contributed by atoms with Gasteiger partial charge in [-0.2, -0.15) is 0 Å². The van der Waals surface area contributed by atoms with Gasteiger partial charge in [-0.05, 0) is 104 Å². The Bertz CT molecular complexity index is 1440. The largest absolute Gasteiger partial charge is 0.359 e. The molecule has 0 unspecified atom stereocenters. The molecule has 1 heterocycles. The first kappa shape index (κ1) is 24.8. The van der Waals surface area contributed by atoms with Crippen molar-refractivity contribution in [3.05, 3.63) is 125 Å². The molecule has 1 fully saturated rings. The Morgan fingerprint density at radius 1 is 0.784 bits per heavy atom. The van der Waals surface area contributed by atoms with Crippen molar-refractivity contribution < 1.29 is 0 Å². The smallest absolute Gasteiger partial charge is 0.0707 e. The summed E-state index contributed by atoms with van der Waals surface area (Å²) < 4.78 is 0. The molecular formula is C34H37N3. The molecule has 2 N–H and O–H groups in total. The first-order valence-electron chi connectivity index (χ1n) is 13.4. The first-order chi connectivity index (χ1) is 17.9. The van der Waals surface area contributed by atoms with E-state index < -0.39 is 0 Å². The topological polar surface area (TPSA) is 37.0 Å². The lowest BCUT2D eigenvalue weighted by Crippen LogP contribution is -2.18. The van der Waals surface area contributed by atoms with Gasteiger partial charge in [0, 0.05) is 39.8 Å². The number of nitrogens with one attached hydrogen (secondary N) is 2. The van der Waals surface area contributed by atoms with Crippen LogP contribution < -0.4 is 10.6 Å². The van der Waals surface area contributed by atoms with Gasteiger partial charge in [-0.3, -0.25) is 4.98 Å². The number of aromatic nitrogens is 1. The minimum atomic E-state index is -0.103. The Balaban J connectivity index is 1.27. The lowest BCUT2D eigenvalue weighted by molar-refractivity contribution is 0.741. The molecule has 0 saturated heterocycles. The summed E-state index contributed by atoms with van der Waals surface area (Å²) in [6, 6.07) is 23.9. The van der Waals surface area contributed by atoms with Gasteiger partial charge in [0.15, 0.2) is 0 Å². The van der Waals surface area contributed by atoms with Crippen LogP contribution in [0.3, 0.4) is 0 Å². The molecule has 188 valence electrons. The molecule has 1 aliphatic carbocycles. The van der Waals surface area contributed by atoms with Crippen molar-refractivity contribution in [2.75, 3.05) is 10.6 Å². The van der Waals surface area contributed by atoms with Crippen molar-refractivity contribution in [2.24, 2.45) is 5.41 Å². The molecule has 0 amide bonds. The van der Waals surface area contributed by atoms with Gasteiger partial charge in [-0.1, -0.05) is 56.8 Å². The van der Waals surface area contributed by atoms with Crippen LogP contribution in [0.5, 0.6) is 0 Å². The average molecular weight is 488 g/mol. The molecule has 4 aromatic rings. The predicted molar refractivity (Wildman–Crippen MR) is 158 cm³/mol. The Labute approximate surface area is 221 Å². The van der Waals surface area contributed by atoms with Crippen molar-refractivity contribution in [3.63, 3.8) is 0 Å². The van der Waals surface area contributed by atoms with Crippen LogP contribution in [-0.4, -0.2) is 4.98 Å². The van der Waals surface area contributed by atoms with Crippen LogP contribution in [0.15, 0.2) is 97.5 Å². The minimum Gasteiger partial charge on any atom is -0.359 e. The molecule has 0 aliphatic heterocycles. The molecule has 37 heavy (non-hydrogen) atoms. The molecule has 1 aliphatic rings. The van der Waals surface area contributed by atoms with E-state index in [2.05, 4.69) is 116 Å². The standard InChI is InChI=1S/C34H37N3/c1-6-27-21-32-29(16-19-35-33(32)22-28(27)7-2)20-26-10-14-31(15-11-26)37-25(5)34(17-18-34)24(4)36-30-12-8-23(3)9-13-30/h8-16,19,21-22,36-37H,4-7,17-18,20H2,1-3H3. The van der Waals surface area contributed by atoms with Gasteiger partial charge in [0.25, 0.3) is 0 Å². The van der Waals surface area contributed by atoms with Crippen LogP contribution in [0, 0.1) is 12.3 Å². The summed E-state index contributed by atoms with van der Waals surface area (Å²) in [6.07, 6.45) is 7.03. The van der Waals surface area contributed by atoms with Crippen molar-refractivity contribution in [1.29, 1.82) is 0 Å². The third-order valence-electron chi connectivity index (χ3n) is 7.81. The summed E-state index contributed by atoms with van der Waals surface area (Å²) in [5.41, 5.74) is 11.8. The van der Waals surface area contributed by atoms with Crippen LogP contribution in [0.25, 0.3) is 10.9 Å². The van der Waals surface area contributed by atoms with Crippen molar-refractivity contribution in [1.82, 2.24) is 4.98 Å². The van der Waals surface area contributed by atoms with Crippen molar-refractivity contribution >= 4 is 22.3 Å². The molecule has 5 rings (SSSR count). The highest BCUT2D eigenvalue weighted by molar-refractivity contribution is 5.84. The summed E-state index contributed by atoms with van der Waals surface area (Å²) >= 11 is 0. The van der Waals surface area contributed by atoms with Gasteiger partial charge in [-0.15, -0.1) is 0 Å². The zero-order chi connectivity index (χ0) is 26.0. The maximum absolute atomic E-state index is 4.66. The van der Waals surface area contributed by atoms with Gasteiger partial charge in [0.2, 0.25) is 0 Å². The normalized spacial score (nSPS) is 13.8. The molecule has 1 saturated carbocycles. The van der Waals surface area contributed by atoms with E-state index in [1.165, 1.54) is 33.2 Å². The zero-order valence-electron chi connectivity index (χ0n) is 22.3. The monoisotopic (exact) mass is 487 g/mol. The Kier molecular flexibility index (Phi) is 6.88. The quantitative estimate of drug-likeness (QED) is 0.235. The van der Waals surface area contributed by atoms with Crippen LogP contribution in [0.1, 0.15) is 54.5 Å². The number of benzene rings is 3. The fourth-order valence-electron chi connectivity index (χ4n) is 5.21. The fraction of sp³-hybridized carbons (Fsp3) is 0.265. The van der Waals surface area contributed by atoms with E-state index in [1.807, 2.05) is 6.20 Å². The molecule has 0 bridgehead atoms. The SMILES string of the molecule is C=C(Nc1ccc(C)cc1)C1(C(=C)Nc2ccc(Cc3ccnc4cc(CC)c(CC)cc34)cc2)CC1. The third kappa shape index (κ3) is 5.17. The number of hydrogen-bond donors (Lipinski definition) is 2. The van der Waals surface area contributed by atoms with Gasteiger partial charge in [-0.25, -0.2) is 0 Å². The highest BCUT2D eigenvalue weighted by atomic mass is 15.0. The van der Waals surface area contributed by atoms with Crippen molar-refractivity contribution in [3.8, 4) is 0 Å². The van der Waals surface area contributed by atoms with Crippen LogP contribution in [0.4, 0.5) is 11.4 Å². The Hall–Kier alpha value is -3.85. The molecular weight excluding hydrogens is 450 g/mol. The number of fused-ring (bicyclic) bond motifs is 1. The summed E-state index contributed by atoms with van der Waals surface area (Å²) in [5.74, 6) is 0. The summed E-state index contributed by atoms with van der Waals surface area (Å²) in [5, 5.41) is 8.33. The molecule has 3 heteroatoms. The molecule has 3 aromatic carbocycles. The lowest BCUT2D eigenvalue weighted by Gasteiger charge is -2.24. The second kappa shape index (κ2) is 10.3. The van der Waals surface area contributed by atoms with E-state index in [-0.39, 0.29) is 5.41 Å². The number of anilines is 2. The predicted octanol–water partition coefficient (Wildman–Crippen LogP) is 8.59. The lowest BCUT2D eigenvalue weighted by atomic mass is 9.95. The van der Waals surface area contributed by atoms with Gasteiger partial charge in [0.1, 0.15) is 0 Å². The second-order valence-corrected chi connectivity index (χ2v) is 10.3. The second-order valence-electron chi connectivity index (χ2n) is 10.3. The number of nitrogens with zero attached hydrogens (tertiary/aromatic N) is 1. The van der Waals surface area contributed by atoms with E-state index in [0.29, 0.717) is 0 Å². The zero-order valence-corrected chi connectivity index (χ0v) is 22.3. The highest BCUT2D eigenvalue weighted by Crippen LogP contribution is 2.56. The first-order valence-corrected chi connectivity index (χ1v) is 13.4. The van der Waals surface area contributed by atoms with Crippen molar-refractivity contribution in [2.45, 2.75) is 52.9 Å². The van der Waals surface area contributed by atoms with Crippen LogP contribution in [0.2, 0.25) is 0 Å². The third-order valence-corrected chi connectivity index (χ3v) is 7.81. The summed E-state index contributed by atoms with van der Waals surface area (Å²) in [6.45, 7) is 15.3. The number of hydrogen-bond acceptors (Lipinski definition) is 3. The fourth-order valence-corrected chi connectivity index (χ4v) is 5.21. The number of aryl methyl sites for hydroxylation is 3. The highest BCUT2D eigenvalue weighted by Gasteiger charge is 2.48. The van der Waals surface area contributed by atoms with E-state index in [0.717, 1.165) is 60.4 Å². The Morgan fingerprint density at radius 2 is 1.35 bits per heavy atom. The van der Waals surface area contributed by atoms with E-state index in [4.69, 9.17) is 0 Å². The number of rotatable bonds is 10. The van der Waals surface area contributed by atoms with E-state index >= 15 is 0 Å². The Morgan fingerprint density at radius 3 is 1.92 bits per heavy atom. The van der Waals surface area contributed by atoms with Crippen LogP contribution >= 0.6 is 0 Å². The molecule has 3 nitrogen and oxygen atoms in total. The average Bonchev–Trinajstić information content (AvgIpc) is 3.73. The van der Waals surface area contributed by atoms with Gasteiger partial charge >= 0.3 is 0 Å². The maximum Gasteiger partial charge on any atom is 0.0707 e. The minimum absolute atomic E-state index is 0.103. The number of pyridine rings is 1. The van der Waals surface area contributed by atoms with E-state index in [1.54, 1.807) is 0 Å². The summed E-state index contributed by atoms with van der Waals surface area (Å²) in [7, 11) is 0. The van der Waals surface area contributed by atoms with Gasteiger partial charge in [0.05, 0.1) is 5.52 Å². The molecule has 0 radical (unpaired) electrons.